The molecule has 2 N–H and O–H groups in total. The highest BCUT2D eigenvalue weighted by Crippen LogP contribution is 2.44. The Morgan fingerprint density at radius 3 is 2.63 bits per heavy atom. The van der Waals surface area contributed by atoms with Crippen molar-refractivity contribution in [2.24, 2.45) is 0 Å². The molecule has 2 unspecified atom stereocenters. The van der Waals surface area contributed by atoms with Crippen molar-refractivity contribution in [3.8, 4) is 0 Å². The van der Waals surface area contributed by atoms with Crippen LogP contribution in [0.1, 0.15) is 72.1 Å². The van der Waals surface area contributed by atoms with E-state index in [1.807, 2.05) is 6.92 Å². The number of rotatable bonds is 6. The van der Waals surface area contributed by atoms with Crippen LogP contribution in [0.2, 0.25) is 0 Å². The van der Waals surface area contributed by atoms with Crippen molar-refractivity contribution in [1.29, 1.82) is 0 Å². The summed E-state index contributed by atoms with van der Waals surface area (Å²) in [5, 5.41) is 13.9. The molecule has 0 aromatic rings. The van der Waals surface area contributed by atoms with Gasteiger partial charge < -0.3 is 15.2 Å². The smallest absolute Gasteiger partial charge is 0.0687 e. The molecule has 3 heteroatoms. The normalized spacial score (nSPS) is 29.2. The fourth-order valence-corrected chi connectivity index (χ4v) is 3.65. The zero-order valence-electron chi connectivity index (χ0n) is 12.9. The van der Waals surface area contributed by atoms with Gasteiger partial charge in [0.25, 0.3) is 0 Å². The van der Waals surface area contributed by atoms with Gasteiger partial charge >= 0.3 is 0 Å². The van der Waals surface area contributed by atoms with Gasteiger partial charge in [0, 0.05) is 12.5 Å². The molecule has 112 valence electrons. The molecule has 1 aliphatic heterocycles. The second kappa shape index (κ2) is 6.11. The summed E-state index contributed by atoms with van der Waals surface area (Å²) in [5.41, 5.74) is -0.409. The molecule has 1 aliphatic carbocycles. The highest BCUT2D eigenvalue weighted by molar-refractivity contribution is 4.94. The highest BCUT2D eigenvalue weighted by atomic mass is 16.5. The van der Waals surface area contributed by atoms with E-state index in [0.717, 1.165) is 25.8 Å². The van der Waals surface area contributed by atoms with Crippen LogP contribution in [-0.2, 0) is 4.74 Å². The Hall–Kier alpha value is -0.120. The van der Waals surface area contributed by atoms with Crippen molar-refractivity contribution >= 4 is 0 Å². The zero-order valence-corrected chi connectivity index (χ0v) is 12.9. The maximum Gasteiger partial charge on any atom is 0.0687 e. The summed E-state index contributed by atoms with van der Waals surface area (Å²) in [4.78, 5) is 0. The van der Waals surface area contributed by atoms with Crippen LogP contribution in [0.4, 0.5) is 0 Å². The summed E-state index contributed by atoms with van der Waals surface area (Å²) in [6.45, 7) is 7.11. The van der Waals surface area contributed by atoms with Gasteiger partial charge in [-0.15, -0.1) is 0 Å². The second-order valence-corrected chi connectivity index (χ2v) is 7.23. The predicted octanol–water partition coefficient (Wildman–Crippen LogP) is 3.01. The minimum Gasteiger partial charge on any atom is -0.390 e. The van der Waals surface area contributed by atoms with E-state index in [1.165, 1.54) is 32.1 Å². The van der Waals surface area contributed by atoms with Gasteiger partial charge in [0.2, 0.25) is 0 Å². The molecule has 2 atom stereocenters. The van der Waals surface area contributed by atoms with Crippen LogP contribution in [0.25, 0.3) is 0 Å². The average Bonchev–Trinajstić information content (AvgIpc) is 2.88. The molecule has 19 heavy (non-hydrogen) atoms. The fraction of sp³-hybridized carbons (Fsp3) is 1.00. The Bertz CT molecular complexity index is 282. The molecular weight excluding hydrogens is 238 g/mol. The predicted molar refractivity (Wildman–Crippen MR) is 78.3 cm³/mol. The van der Waals surface area contributed by atoms with E-state index in [0.29, 0.717) is 6.04 Å². The van der Waals surface area contributed by atoms with Crippen molar-refractivity contribution in [2.75, 3.05) is 6.54 Å². The van der Waals surface area contributed by atoms with Crippen molar-refractivity contribution in [2.45, 2.75) is 95.5 Å². The molecule has 1 saturated heterocycles. The van der Waals surface area contributed by atoms with E-state index in [4.69, 9.17) is 4.74 Å². The number of nitrogens with one attached hydrogen (secondary N) is 1. The second-order valence-electron chi connectivity index (χ2n) is 7.23. The van der Waals surface area contributed by atoms with E-state index in [-0.39, 0.29) is 11.7 Å². The van der Waals surface area contributed by atoms with Gasteiger partial charge in [-0.1, -0.05) is 26.7 Å². The lowest BCUT2D eigenvalue weighted by Gasteiger charge is -2.29. The first-order valence-electron chi connectivity index (χ1n) is 8.04. The Morgan fingerprint density at radius 2 is 2.00 bits per heavy atom. The lowest BCUT2D eigenvalue weighted by molar-refractivity contribution is -0.0729. The Kier molecular flexibility index (Phi) is 4.91. The molecule has 2 aliphatic rings. The maximum absolute atomic E-state index is 10.5. The van der Waals surface area contributed by atoms with Gasteiger partial charge in [0.15, 0.2) is 0 Å². The summed E-state index contributed by atoms with van der Waals surface area (Å²) in [6.07, 6.45) is 9.31. The highest BCUT2D eigenvalue weighted by Gasteiger charge is 2.43. The molecule has 0 amide bonds. The van der Waals surface area contributed by atoms with E-state index in [2.05, 4.69) is 19.2 Å². The van der Waals surface area contributed by atoms with Crippen LogP contribution in [0.5, 0.6) is 0 Å². The molecule has 0 bridgehead atoms. The Labute approximate surface area is 118 Å². The third kappa shape index (κ3) is 4.44. The first-order valence-corrected chi connectivity index (χ1v) is 8.04. The van der Waals surface area contributed by atoms with Crippen LogP contribution >= 0.6 is 0 Å². The van der Waals surface area contributed by atoms with E-state index in [9.17, 15) is 5.11 Å². The molecule has 1 spiro atoms. The van der Waals surface area contributed by atoms with Gasteiger partial charge in [-0.3, -0.25) is 0 Å². The average molecular weight is 269 g/mol. The van der Waals surface area contributed by atoms with Gasteiger partial charge in [-0.25, -0.2) is 0 Å². The first kappa shape index (κ1) is 15.3. The van der Waals surface area contributed by atoms with E-state index >= 15 is 0 Å². The van der Waals surface area contributed by atoms with Crippen LogP contribution in [0.15, 0.2) is 0 Å². The zero-order chi connectivity index (χ0) is 13.9. The first-order chi connectivity index (χ1) is 8.91. The van der Waals surface area contributed by atoms with E-state index in [1.54, 1.807) is 0 Å². The maximum atomic E-state index is 10.5. The summed E-state index contributed by atoms with van der Waals surface area (Å²) in [7, 11) is 0. The van der Waals surface area contributed by atoms with Gasteiger partial charge in [-0.05, 0) is 45.6 Å². The van der Waals surface area contributed by atoms with Gasteiger partial charge in [0.1, 0.15) is 0 Å². The number of hydrogen-bond acceptors (Lipinski definition) is 3. The topological polar surface area (TPSA) is 41.5 Å². The lowest BCUT2D eigenvalue weighted by atomic mass is 9.92. The number of ether oxygens (including phenoxy) is 1. The third-order valence-electron chi connectivity index (χ3n) is 4.74. The Balaban J connectivity index is 1.74. The van der Waals surface area contributed by atoms with Crippen molar-refractivity contribution < 1.29 is 9.84 Å². The van der Waals surface area contributed by atoms with Gasteiger partial charge in [0.05, 0.1) is 17.3 Å². The molecular formula is C16H31NO2. The fourth-order valence-electron chi connectivity index (χ4n) is 3.65. The third-order valence-corrected chi connectivity index (χ3v) is 4.74. The summed E-state index contributed by atoms with van der Waals surface area (Å²) >= 11 is 0. The van der Waals surface area contributed by atoms with Crippen molar-refractivity contribution in [3.63, 3.8) is 0 Å². The van der Waals surface area contributed by atoms with Crippen LogP contribution < -0.4 is 5.32 Å². The summed E-state index contributed by atoms with van der Waals surface area (Å²) in [6, 6.07) is 0.486. The quantitative estimate of drug-likeness (QED) is 0.779. The minimum atomic E-state index is -0.601. The lowest BCUT2D eigenvalue weighted by Crippen LogP contribution is -2.36. The standard InChI is InChI=1S/C16H31NO2/c1-13(2)17-11-10-15(3,18)12-14-6-9-16(19-14)7-4-5-8-16/h13-14,17-18H,4-12H2,1-3H3. The number of aliphatic hydroxyl groups is 1. The minimum absolute atomic E-state index is 0.191. The SMILES string of the molecule is CC(C)NCCC(C)(O)CC1CCC2(CCCC2)O1. The van der Waals surface area contributed by atoms with Gasteiger partial charge in [-0.2, -0.15) is 0 Å². The monoisotopic (exact) mass is 269 g/mol. The Morgan fingerprint density at radius 1 is 1.32 bits per heavy atom. The molecule has 2 fully saturated rings. The van der Waals surface area contributed by atoms with Crippen molar-refractivity contribution in [3.05, 3.63) is 0 Å². The van der Waals surface area contributed by atoms with Crippen LogP contribution in [0, 0.1) is 0 Å². The van der Waals surface area contributed by atoms with E-state index < -0.39 is 5.60 Å². The molecule has 1 heterocycles. The molecule has 2 rings (SSSR count). The number of hydrogen-bond donors (Lipinski definition) is 2. The van der Waals surface area contributed by atoms with Crippen LogP contribution in [-0.4, -0.2) is 35.0 Å². The summed E-state index contributed by atoms with van der Waals surface area (Å²) < 4.78 is 6.29. The molecule has 0 radical (unpaired) electrons. The molecule has 3 nitrogen and oxygen atoms in total. The largest absolute Gasteiger partial charge is 0.390 e. The van der Waals surface area contributed by atoms with Crippen LogP contribution in [0.3, 0.4) is 0 Å². The molecule has 1 saturated carbocycles. The molecule has 0 aromatic carbocycles. The summed E-state index contributed by atoms with van der Waals surface area (Å²) in [5.74, 6) is 0. The van der Waals surface area contributed by atoms with Crippen molar-refractivity contribution in [1.82, 2.24) is 5.32 Å². The molecule has 0 aromatic heterocycles.